The lowest BCUT2D eigenvalue weighted by Gasteiger charge is -2.00. The van der Waals surface area contributed by atoms with Crippen molar-refractivity contribution < 1.29 is 4.39 Å². The van der Waals surface area contributed by atoms with E-state index in [1.54, 1.807) is 23.9 Å². The second-order valence-corrected chi connectivity index (χ2v) is 4.36. The van der Waals surface area contributed by atoms with Crippen LogP contribution in [0.4, 0.5) is 10.2 Å². The molecule has 5 heteroatoms. The van der Waals surface area contributed by atoms with E-state index in [1.165, 1.54) is 12.1 Å². The van der Waals surface area contributed by atoms with Crippen LogP contribution < -0.4 is 5.73 Å². The molecule has 0 aliphatic carbocycles. The van der Waals surface area contributed by atoms with Gasteiger partial charge in [-0.15, -0.1) is 0 Å². The van der Waals surface area contributed by atoms with Crippen LogP contribution in [0.15, 0.2) is 24.3 Å². The Hall–Kier alpha value is -1.11. The van der Waals surface area contributed by atoms with E-state index < -0.39 is 0 Å². The molecular formula is C10H9FIN3. The lowest BCUT2D eigenvalue weighted by molar-refractivity contribution is 0.627. The summed E-state index contributed by atoms with van der Waals surface area (Å²) in [6.07, 6.45) is 0. The zero-order valence-electron chi connectivity index (χ0n) is 8.04. The Balaban J connectivity index is 2.54. The Kier molecular flexibility index (Phi) is 2.64. The molecule has 2 aromatic rings. The lowest BCUT2D eigenvalue weighted by Crippen LogP contribution is -1.96. The van der Waals surface area contributed by atoms with Crippen molar-refractivity contribution in [3.8, 4) is 11.3 Å². The normalized spacial score (nSPS) is 10.6. The van der Waals surface area contributed by atoms with Crippen LogP contribution in [0.3, 0.4) is 0 Å². The number of aryl methyl sites for hydroxylation is 1. The number of hydrogen-bond acceptors (Lipinski definition) is 2. The molecule has 78 valence electrons. The minimum atomic E-state index is -0.243. The quantitative estimate of drug-likeness (QED) is 0.821. The van der Waals surface area contributed by atoms with Gasteiger partial charge in [-0.3, -0.25) is 4.68 Å². The monoisotopic (exact) mass is 317 g/mol. The SMILES string of the molecule is Cn1nc(-c2ccc(F)cc2I)cc1N. The van der Waals surface area contributed by atoms with E-state index in [2.05, 4.69) is 27.7 Å². The second kappa shape index (κ2) is 3.80. The number of nitrogens with zero attached hydrogens (tertiary/aromatic N) is 2. The van der Waals surface area contributed by atoms with Crippen LogP contribution in [0.5, 0.6) is 0 Å². The van der Waals surface area contributed by atoms with E-state index >= 15 is 0 Å². The summed E-state index contributed by atoms with van der Waals surface area (Å²) in [6.45, 7) is 0. The van der Waals surface area contributed by atoms with Gasteiger partial charge in [0, 0.05) is 22.2 Å². The molecule has 0 saturated carbocycles. The topological polar surface area (TPSA) is 43.8 Å². The van der Waals surface area contributed by atoms with E-state index in [4.69, 9.17) is 5.73 Å². The molecule has 1 heterocycles. The van der Waals surface area contributed by atoms with Crippen molar-refractivity contribution in [1.29, 1.82) is 0 Å². The highest BCUT2D eigenvalue weighted by molar-refractivity contribution is 14.1. The van der Waals surface area contributed by atoms with Crippen molar-refractivity contribution in [3.05, 3.63) is 33.7 Å². The van der Waals surface area contributed by atoms with Gasteiger partial charge in [0.05, 0.1) is 5.69 Å². The van der Waals surface area contributed by atoms with Gasteiger partial charge < -0.3 is 5.73 Å². The van der Waals surface area contributed by atoms with Crippen molar-refractivity contribution in [1.82, 2.24) is 9.78 Å². The first kappa shape index (κ1) is 10.4. The van der Waals surface area contributed by atoms with Gasteiger partial charge in [-0.2, -0.15) is 5.10 Å². The third-order valence-corrected chi connectivity index (χ3v) is 3.02. The second-order valence-electron chi connectivity index (χ2n) is 3.20. The highest BCUT2D eigenvalue weighted by atomic mass is 127. The summed E-state index contributed by atoms with van der Waals surface area (Å²) in [7, 11) is 1.77. The lowest BCUT2D eigenvalue weighted by atomic mass is 10.1. The Labute approximate surface area is 100 Å². The average molecular weight is 317 g/mol. The van der Waals surface area contributed by atoms with Gasteiger partial charge in [0.15, 0.2) is 0 Å². The number of benzene rings is 1. The number of nitrogen functional groups attached to an aromatic ring is 1. The summed E-state index contributed by atoms with van der Waals surface area (Å²) < 4.78 is 15.3. The van der Waals surface area contributed by atoms with Crippen LogP contribution in [0.25, 0.3) is 11.3 Å². The molecule has 2 rings (SSSR count). The number of nitrogens with two attached hydrogens (primary N) is 1. The number of halogens is 2. The fourth-order valence-electron chi connectivity index (χ4n) is 1.31. The van der Waals surface area contributed by atoms with Crippen LogP contribution in [0, 0.1) is 9.39 Å². The van der Waals surface area contributed by atoms with E-state index in [0.717, 1.165) is 14.8 Å². The molecule has 3 nitrogen and oxygen atoms in total. The zero-order chi connectivity index (χ0) is 11.0. The molecule has 0 spiro atoms. The van der Waals surface area contributed by atoms with Gasteiger partial charge in [-0.1, -0.05) is 0 Å². The average Bonchev–Trinajstić information content (AvgIpc) is 2.46. The molecule has 0 bridgehead atoms. The van der Waals surface area contributed by atoms with Crippen LogP contribution >= 0.6 is 22.6 Å². The first-order valence-electron chi connectivity index (χ1n) is 4.33. The Morgan fingerprint density at radius 3 is 2.67 bits per heavy atom. The molecule has 1 aromatic heterocycles. The fourth-order valence-corrected chi connectivity index (χ4v) is 2.06. The van der Waals surface area contributed by atoms with Crippen LogP contribution in [0.2, 0.25) is 0 Å². The highest BCUT2D eigenvalue weighted by Gasteiger charge is 2.08. The summed E-state index contributed by atoms with van der Waals surface area (Å²) in [6, 6.07) is 6.37. The van der Waals surface area contributed by atoms with Crippen LogP contribution in [0.1, 0.15) is 0 Å². The number of rotatable bonds is 1. The molecule has 0 fully saturated rings. The molecule has 0 aliphatic heterocycles. The molecule has 0 aliphatic rings. The van der Waals surface area contributed by atoms with Crippen LogP contribution in [-0.2, 0) is 7.05 Å². The van der Waals surface area contributed by atoms with E-state index in [0.29, 0.717) is 5.82 Å². The largest absolute Gasteiger partial charge is 0.384 e. The summed E-state index contributed by atoms with van der Waals surface area (Å²) in [5, 5.41) is 4.24. The van der Waals surface area contributed by atoms with Crippen molar-refractivity contribution in [2.75, 3.05) is 5.73 Å². The molecule has 15 heavy (non-hydrogen) atoms. The summed E-state index contributed by atoms with van der Waals surface area (Å²) in [5.74, 6) is 0.345. The molecule has 2 N–H and O–H groups in total. The third-order valence-electron chi connectivity index (χ3n) is 2.12. The maximum atomic E-state index is 12.9. The van der Waals surface area contributed by atoms with Crippen molar-refractivity contribution in [3.63, 3.8) is 0 Å². The maximum Gasteiger partial charge on any atom is 0.124 e. The van der Waals surface area contributed by atoms with Crippen molar-refractivity contribution in [2.45, 2.75) is 0 Å². The first-order valence-corrected chi connectivity index (χ1v) is 5.41. The van der Waals surface area contributed by atoms with E-state index in [1.807, 2.05) is 0 Å². The summed E-state index contributed by atoms with van der Waals surface area (Å²) >= 11 is 2.08. The minimum absolute atomic E-state index is 0.243. The zero-order valence-corrected chi connectivity index (χ0v) is 10.2. The number of aromatic nitrogens is 2. The molecular weight excluding hydrogens is 308 g/mol. The Morgan fingerprint density at radius 1 is 1.40 bits per heavy atom. The highest BCUT2D eigenvalue weighted by Crippen LogP contribution is 2.25. The van der Waals surface area contributed by atoms with Gasteiger partial charge in [-0.25, -0.2) is 4.39 Å². The minimum Gasteiger partial charge on any atom is -0.384 e. The van der Waals surface area contributed by atoms with Gasteiger partial charge in [0.25, 0.3) is 0 Å². The predicted octanol–water partition coefficient (Wildman–Crippen LogP) is 2.41. The van der Waals surface area contributed by atoms with Gasteiger partial charge in [0.1, 0.15) is 11.6 Å². The fraction of sp³-hybridized carbons (Fsp3) is 0.100. The van der Waals surface area contributed by atoms with Gasteiger partial charge >= 0.3 is 0 Å². The molecule has 0 atom stereocenters. The summed E-state index contributed by atoms with van der Waals surface area (Å²) in [5.41, 5.74) is 7.34. The van der Waals surface area contributed by atoms with Crippen molar-refractivity contribution in [2.24, 2.45) is 7.05 Å². The number of hydrogen-bond donors (Lipinski definition) is 1. The van der Waals surface area contributed by atoms with E-state index in [-0.39, 0.29) is 5.82 Å². The standard InChI is InChI=1S/C10H9FIN3/c1-15-10(13)5-9(14-15)7-3-2-6(11)4-8(7)12/h2-5H,13H2,1H3. The first-order chi connectivity index (χ1) is 7.08. The molecule has 0 saturated heterocycles. The van der Waals surface area contributed by atoms with E-state index in [9.17, 15) is 4.39 Å². The third kappa shape index (κ3) is 1.97. The predicted molar refractivity (Wildman–Crippen MR) is 65.7 cm³/mol. The Morgan fingerprint density at radius 2 is 2.13 bits per heavy atom. The Bertz CT molecular complexity index is 488. The van der Waals surface area contributed by atoms with Crippen LogP contribution in [-0.4, -0.2) is 9.78 Å². The van der Waals surface area contributed by atoms with Gasteiger partial charge in [0.2, 0.25) is 0 Å². The molecule has 0 unspecified atom stereocenters. The number of anilines is 1. The maximum absolute atomic E-state index is 12.9. The smallest absolute Gasteiger partial charge is 0.124 e. The van der Waals surface area contributed by atoms with Crippen molar-refractivity contribution >= 4 is 28.4 Å². The molecule has 0 radical (unpaired) electrons. The molecule has 0 amide bonds. The summed E-state index contributed by atoms with van der Waals surface area (Å²) in [4.78, 5) is 0. The van der Waals surface area contributed by atoms with Gasteiger partial charge in [-0.05, 0) is 40.8 Å². The molecule has 1 aromatic carbocycles.